The van der Waals surface area contributed by atoms with Gasteiger partial charge in [0, 0.05) is 29.7 Å². The van der Waals surface area contributed by atoms with Crippen LogP contribution in [0.25, 0.3) is 11.4 Å². The van der Waals surface area contributed by atoms with E-state index in [0.29, 0.717) is 18.1 Å². The molecule has 0 aromatic carbocycles. The van der Waals surface area contributed by atoms with Crippen LogP contribution in [0, 0.1) is 5.92 Å². The predicted molar refractivity (Wildman–Crippen MR) is 74.9 cm³/mol. The number of rotatable bonds is 5. The van der Waals surface area contributed by atoms with Gasteiger partial charge in [-0.05, 0) is 24.3 Å². The number of carbonyl (C=O) groups excluding carboxylic acids is 2. The molecule has 1 aliphatic carbocycles. The van der Waals surface area contributed by atoms with E-state index in [9.17, 15) is 9.59 Å². The van der Waals surface area contributed by atoms with E-state index < -0.39 is 0 Å². The Labute approximate surface area is 124 Å². The highest BCUT2D eigenvalue weighted by molar-refractivity contribution is 7.08. The second kappa shape index (κ2) is 6.04. The third kappa shape index (κ3) is 3.66. The lowest BCUT2D eigenvalue weighted by Crippen LogP contribution is -2.42. The maximum absolute atomic E-state index is 11.6. The monoisotopic (exact) mass is 306 g/mol. The number of aromatic nitrogens is 2. The summed E-state index contributed by atoms with van der Waals surface area (Å²) in [7, 11) is 0. The smallest absolute Gasteiger partial charge is 0.241 e. The van der Waals surface area contributed by atoms with Gasteiger partial charge in [0.1, 0.15) is 0 Å². The summed E-state index contributed by atoms with van der Waals surface area (Å²) >= 11 is 1.55. The van der Waals surface area contributed by atoms with Crippen LogP contribution < -0.4 is 10.9 Å². The maximum atomic E-state index is 11.6. The minimum Gasteiger partial charge on any atom is -0.339 e. The van der Waals surface area contributed by atoms with Gasteiger partial charge in [0.15, 0.2) is 0 Å². The van der Waals surface area contributed by atoms with Gasteiger partial charge < -0.3 is 4.52 Å². The van der Waals surface area contributed by atoms with Gasteiger partial charge in [-0.2, -0.15) is 16.3 Å². The Morgan fingerprint density at radius 3 is 2.95 bits per heavy atom. The van der Waals surface area contributed by atoms with Crippen molar-refractivity contribution in [2.75, 3.05) is 0 Å². The molecule has 2 heterocycles. The fraction of sp³-hybridized carbons (Fsp3) is 0.385. The average Bonchev–Trinajstić information content (AvgIpc) is 3.01. The molecule has 2 N–H and O–H groups in total. The number of carbonyl (C=O) groups is 2. The first kappa shape index (κ1) is 13.7. The van der Waals surface area contributed by atoms with E-state index in [4.69, 9.17) is 4.52 Å². The van der Waals surface area contributed by atoms with Crippen molar-refractivity contribution < 1.29 is 14.1 Å². The van der Waals surface area contributed by atoms with Gasteiger partial charge >= 0.3 is 0 Å². The summed E-state index contributed by atoms with van der Waals surface area (Å²) in [5, 5.41) is 7.72. The molecule has 7 nitrogen and oxygen atoms in total. The quantitative estimate of drug-likeness (QED) is 0.811. The number of hydrogen-bond donors (Lipinski definition) is 2. The second-order valence-corrected chi connectivity index (χ2v) is 5.62. The number of hydrogen-bond acceptors (Lipinski definition) is 6. The van der Waals surface area contributed by atoms with Crippen LogP contribution in [0.15, 0.2) is 21.3 Å². The van der Waals surface area contributed by atoms with Crippen LogP contribution in [0.4, 0.5) is 0 Å². The van der Waals surface area contributed by atoms with Crippen molar-refractivity contribution in [2.24, 2.45) is 5.92 Å². The Kier molecular flexibility index (Phi) is 3.96. The predicted octanol–water partition coefficient (Wildman–Crippen LogP) is 1.29. The van der Waals surface area contributed by atoms with E-state index in [0.717, 1.165) is 18.4 Å². The number of nitrogens with zero attached hydrogens (tertiary/aromatic N) is 2. The SMILES string of the molecule is O=C(CCc1nc(-c2ccsc2)no1)NNC(=O)C1CC1. The first-order valence-electron chi connectivity index (χ1n) is 6.66. The Morgan fingerprint density at radius 1 is 1.38 bits per heavy atom. The van der Waals surface area contributed by atoms with E-state index in [1.165, 1.54) is 0 Å². The lowest BCUT2D eigenvalue weighted by Gasteiger charge is -2.05. The highest BCUT2D eigenvalue weighted by Crippen LogP contribution is 2.28. The average molecular weight is 306 g/mol. The van der Waals surface area contributed by atoms with Gasteiger partial charge in [-0.25, -0.2) is 0 Å². The highest BCUT2D eigenvalue weighted by Gasteiger charge is 2.29. The molecule has 0 spiro atoms. The largest absolute Gasteiger partial charge is 0.339 e. The molecule has 3 rings (SSSR count). The summed E-state index contributed by atoms with van der Waals surface area (Å²) < 4.78 is 5.09. The molecule has 1 aliphatic rings. The van der Waals surface area contributed by atoms with Gasteiger partial charge in [-0.15, -0.1) is 0 Å². The van der Waals surface area contributed by atoms with E-state index in [-0.39, 0.29) is 24.2 Å². The molecule has 110 valence electrons. The molecule has 0 radical (unpaired) electrons. The molecule has 1 fully saturated rings. The third-order valence-corrected chi connectivity index (χ3v) is 3.77. The molecular weight excluding hydrogens is 292 g/mol. The first-order valence-corrected chi connectivity index (χ1v) is 7.60. The zero-order chi connectivity index (χ0) is 14.7. The van der Waals surface area contributed by atoms with Crippen molar-refractivity contribution in [2.45, 2.75) is 25.7 Å². The van der Waals surface area contributed by atoms with Gasteiger partial charge in [0.2, 0.25) is 23.5 Å². The van der Waals surface area contributed by atoms with Gasteiger partial charge in [0.25, 0.3) is 0 Å². The van der Waals surface area contributed by atoms with Crippen molar-refractivity contribution in [3.8, 4) is 11.4 Å². The van der Waals surface area contributed by atoms with Crippen LogP contribution in [0.5, 0.6) is 0 Å². The summed E-state index contributed by atoms with van der Waals surface area (Å²) in [6.45, 7) is 0. The van der Waals surface area contributed by atoms with Gasteiger partial charge in [-0.3, -0.25) is 20.4 Å². The van der Waals surface area contributed by atoms with E-state index >= 15 is 0 Å². The molecule has 0 bridgehead atoms. The van der Waals surface area contributed by atoms with E-state index in [2.05, 4.69) is 21.0 Å². The maximum Gasteiger partial charge on any atom is 0.241 e. The first-order chi connectivity index (χ1) is 10.2. The van der Waals surface area contributed by atoms with Gasteiger partial charge in [0.05, 0.1) is 0 Å². The number of nitrogens with one attached hydrogen (secondary N) is 2. The summed E-state index contributed by atoms with van der Waals surface area (Å²) in [5.41, 5.74) is 5.69. The number of thiophene rings is 1. The third-order valence-electron chi connectivity index (χ3n) is 3.09. The number of amides is 2. The van der Waals surface area contributed by atoms with Gasteiger partial charge in [-0.1, -0.05) is 5.16 Å². The van der Waals surface area contributed by atoms with Crippen LogP contribution in [0.2, 0.25) is 0 Å². The van der Waals surface area contributed by atoms with Crippen LogP contribution in [-0.4, -0.2) is 22.0 Å². The molecule has 1 saturated carbocycles. The minimum atomic E-state index is -0.278. The Balaban J connectivity index is 1.44. The van der Waals surface area contributed by atoms with E-state index in [1.807, 2.05) is 16.8 Å². The summed E-state index contributed by atoms with van der Waals surface area (Å²) in [6, 6.07) is 1.90. The molecule has 2 amide bonds. The normalized spacial score (nSPS) is 13.9. The lowest BCUT2D eigenvalue weighted by atomic mass is 10.3. The number of hydrazine groups is 1. The zero-order valence-electron chi connectivity index (χ0n) is 11.2. The fourth-order valence-corrected chi connectivity index (χ4v) is 2.36. The van der Waals surface area contributed by atoms with Crippen LogP contribution in [0.1, 0.15) is 25.2 Å². The summed E-state index contributed by atoms with van der Waals surface area (Å²) in [4.78, 5) is 27.2. The standard InChI is InChI=1S/C13H14N4O3S/c18-10(15-16-13(19)8-1-2-8)3-4-11-14-12(17-20-11)9-5-6-21-7-9/h5-8H,1-4H2,(H,15,18)(H,16,19). The van der Waals surface area contributed by atoms with Crippen LogP contribution >= 0.6 is 11.3 Å². The molecule has 8 heteroatoms. The van der Waals surface area contributed by atoms with Crippen LogP contribution in [-0.2, 0) is 16.0 Å². The minimum absolute atomic E-state index is 0.0643. The summed E-state index contributed by atoms with van der Waals surface area (Å²) in [5.74, 6) is 0.586. The van der Waals surface area contributed by atoms with Crippen molar-refractivity contribution in [3.63, 3.8) is 0 Å². The Morgan fingerprint density at radius 2 is 2.24 bits per heavy atom. The second-order valence-electron chi connectivity index (χ2n) is 4.84. The molecule has 0 unspecified atom stereocenters. The molecule has 0 atom stereocenters. The molecule has 0 aliphatic heterocycles. The summed E-state index contributed by atoms with van der Waals surface area (Å²) in [6.07, 6.45) is 2.31. The Bertz CT molecular complexity index is 634. The molecule has 2 aromatic rings. The van der Waals surface area contributed by atoms with Crippen molar-refractivity contribution in [3.05, 3.63) is 22.7 Å². The Hall–Kier alpha value is -2.22. The van der Waals surface area contributed by atoms with Crippen molar-refractivity contribution in [1.29, 1.82) is 0 Å². The van der Waals surface area contributed by atoms with E-state index in [1.54, 1.807) is 11.3 Å². The molecule has 21 heavy (non-hydrogen) atoms. The topological polar surface area (TPSA) is 97.1 Å². The molecule has 0 saturated heterocycles. The fourth-order valence-electron chi connectivity index (χ4n) is 1.73. The molecule has 2 aromatic heterocycles. The zero-order valence-corrected chi connectivity index (χ0v) is 12.0. The lowest BCUT2D eigenvalue weighted by molar-refractivity contribution is -0.129. The molecular formula is C13H14N4O3S. The number of aryl methyl sites for hydroxylation is 1. The van der Waals surface area contributed by atoms with Crippen molar-refractivity contribution >= 4 is 23.2 Å². The highest BCUT2D eigenvalue weighted by atomic mass is 32.1. The van der Waals surface area contributed by atoms with Crippen molar-refractivity contribution in [1.82, 2.24) is 21.0 Å². The van der Waals surface area contributed by atoms with Crippen LogP contribution in [0.3, 0.4) is 0 Å².